The van der Waals surface area contributed by atoms with Gasteiger partial charge < -0.3 is 10.1 Å². The van der Waals surface area contributed by atoms with Crippen molar-refractivity contribution in [2.24, 2.45) is 5.92 Å². The molecule has 4 heteroatoms. The number of nitrogens with one attached hydrogen (secondary N) is 1. The Labute approximate surface area is 91.4 Å². The molecular weight excluding hydrogens is 200 g/mol. The van der Waals surface area contributed by atoms with E-state index in [4.69, 9.17) is 0 Å². The Bertz CT molecular complexity index is 154. The van der Waals surface area contributed by atoms with E-state index >= 15 is 0 Å². The van der Waals surface area contributed by atoms with Gasteiger partial charge in [-0.05, 0) is 25.3 Å². The van der Waals surface area contributed by atoms with E-state index < -0.39 is 6.61 Å². The first-order valence-corrected chi connectivity index (χ1v) is 5.78. The van der Waals surface area contributed by atoms with Gasteiger partial charge in [-0.1, -0.05) is 27.7 Å². The number of ether oxygens (including phenoxy) is 1. The van der Waals surface area contributed by atoms with Crippen LogP contribution in [-0.4, -0.2) is 25.3 Å². The van der Waals surface area contributed by atoms with Crippen LogP contribution >= 0.6 is 0 Å². The van der Waals surface area contributed by atoms with Crippen LogP contribution in [0.5, 0.6) is 0 Å². The van der Waals surface area contributed by atoms with E-state index in [9.17, 15) is 8.78 Å². The van der Waals surface area contributed by atoms with Crippen molar-refractivity contribution < 1.29 is 13.5 Å². The molecule has 0 aromatic rings. The Morgan fingerprint density at radius 2 is 1.87 bits per heavy atom. The molecule has 0 saturated carbocycles. The standard InChI is InChI=1S/C9H17F2NO.C2H6/c1-6(2)8-7(13-9(10)11)4-3-5-12-8;1-2/h6-9,12H,3-5H2,1-2H3;1-2H3. The van der Waals surface area contributed by atoms with E-state index in [0.29, 0.717) is 5.92 Å². The Kier molecular flexibility index (Phi) is 7.88. The van der Waals surface area contributed by atoms with Gasteiger partial charge in [-0.15, -0.1) is 0 Å². The van der Waals surface area contributed by atoms with Crippen LogP contribution in [0.4, 0.5) is 8.78 Å². The Hall–Kier alpha value is -0.220. The molecule has 0 amide bonds. The summed E-state index contributed by atoms with van der Waals surface area (Å²) in [7, 11) is 0. The van der Waals surface area contributed by atoms with Crippen molar-refractivity contribution in [3.8, 4) is 0 Å². The molecule has 92 valence electrons. The highest BCUT2D eigenvalue weighted by molar-refractivity contribution is 4.84. The lowest BCUT2D eigenvalue weighted by molar-refractivity contribution is -0.178. The lowest BCUT2D eigenvalue weighted by Crippen LogP contribution is -2.49. The van der Waals surface area contributed by atoms with Crippen LogP contribution in [0, 0.1) is 5.92 Å². The van der Waals surface area contributed by atoms with Gasteiger partial charge in [-0.2, -0.15) is 8.78 Å². The number of hydrogen-bond donors (Lipinski definition) is 1. The minimum atomic E-state index is -2.65. The third-order valence-corrected chi connectivity index (χ3v) is 2.44. The average Bonchev–Trinajstić information content (AvgIpc) is 2.20. The second-order valence-corrected chi connectivity index (χ2v) is 3.80. The summed E-state index contributed by atoms with van der Waals surface area (Å²) in [6.45, 7) is 6.30. The first-order valence-electron chi connectivity index (χ1n) is 5.78. The van der Waals surface area contributed by atoms with E-state index in [1.54, 1.807) is 0 Å². The summed E-state index contributed by atoms with van der Waals surface area (Å²) in [5, 5.41) is 3.22. The van der Waals surface area contributed by atoms with E-state index in [1.807, 2.05) is 27.7 Å². The monoisotopic (exact) mass is 223 g/mol. The summed E-state index contributed by atoms with van der Waals surface area (Å²) in [6.07, 6.45) is 1.33. The van der Waals surface area contributed by atoms with Crippen molar-refractivity contribution >= 4 is 0 Å². The molecule has 1 aliphatic rings. The largest absolute Gasteiger partial charge is 0.345 e. The number of halogens is 2. The van der Waals surface area contributed by atoms with Crippen LogP contribution in [0.3, 0.4) is 0 Å². The number of hydrogen-bond acceptors (Lipinski definition) is 2. The molecule has 15 heavy (non-hydrogen) atoms. The highest BCUT2D eigenvalue weighted by atomic mass is 19.3. The van der Waals surface area contributed by atoms with E-state index in [0.717, 1.165) is 19.4 Å². The quantitative estimate of drug-likeness (QED) is 0.794. The molecule has 0 radical (unpaired) electrons. The van der Waals surface area contributed by atoms with Gasteiger partial charge in [0.15, 0.2) is 0 Å². The Balaban J connectivity index is 0.000000921. The van der Waals surface area contributed by atoms with Gasteiger partial charge in [0.25, 0.3) is 0 Å². The summed E-state index contributed by atoms with van der Waals surface area (Å²) in [5.41, 5.74) is 0. The van der Waals surface area contributed by atoms with Gasteiger partial charge in [0.2, 0.25) is 0 Å². The molecule has 1 N–H and O–H groups in total. The zero-order valence-corrected chi connectivity index (χ0v) is 10.1. The lowest BCUT2D eigenvalue weighted by atomic mass is 9.92. The second-order valence-electron chi connectivity index (χ2n) is 3.80. The predicted octanol–water partition coefficient (Wildman–Crippen LogP) is 3.03. The van der Waals surface area contributed by atoms with Crippen LogP contribution in [-0.2, 0) is 4.74 Å². The summed E-state index contributed by atoms with van der Waals surface area (Å²) < 4.78 is 28.6. The molecule has 2 unspecified atom stereocenters. The molecule has 0 aromatic heterocycles. The molecule has 1 heterocycles. The van der Waals surface area contributed by atoms with E-state index in [2.05, 4.69) is 10.1 Å². The predicted molar refractivity (Wildman–Crippen MR) is 58.1 cm³/mol. The summed E-state index contributed by atoms with van der Waals surface area (Å²) in [6, 6.07) is 0.0720. The minimum Gasteiger partial charge on any atom is -0.318 e. The summed E-state index contributed by atoms with van der Waals surface area (Å²) in [5.74, 6) is 0.337. The van der Waals surface area contributed by atoms with Gasteiger partial charge in [0.05, 0.1) is 6.10 Å². The SMILES string of the molecule is CC.CC(C)C1NCCCC1OC(F)F. The zero-order chi connectivity index (χ0) is 11.8. The minimum absolute atomic E-state index is 0.0720. The van der Waals surface area contributed by atoms with Crippen LogP contribution in [0.2, 0.25) is 0 Å². The normalized spacial score (nSPS) is 26.4. The molecule has 1 fully saturated rings. The molecule has 1 rings (SSSR count). The van der Waals surface area contributed by atoms with Crippen LogP contribution in [0.1, 0.15) is 40.5 Å². The third-order valence-electron chi connectivity index (χ3n) is 2.44. The smallest absolute Gasteiger partial charge is 0.318 e. The van der Waals surface area contributed by atoms with E-state index in [-0.39, 0.29) is 12.1 Å². The van der Waals surface area contributed by atoms with Crippen LogP contribution < -0.4 is 5.32 Å². The fourth-order valence-electron chi connectivity index (χ4n) is 1.83. The lowest BCUT2D eigenvalue weighted by Gasteiger charge is -2.34. The van der Waals surface area contributed by atoms with Crippen molar-refractivity contribution in [1.82, 2.24) is 5.32 Å². The topological polar surface area (TPSA) is 21.3 Å². The van der Waals surface area contributed by atoms with Crippen LogP contribution in [0.25, 0.3) is 0 Å². The maximum atomic E-state index is 12.0. The van der Waals surface area contributed by atoms with Gasteiger partial charge >= 0.3 is 6.61 Å². The van der Waals surface area contributed by atoms with Crippen molar-refractivity contribution in [1.29, 1.82) is 0 Å². The molecule has 0 bridgehead atoms. The summed E-state index contributed by atoms with van der Waals surface area (Å²) >= 11 is 0. The number of piperidine rings is 1. The first kappa shape index (κ1) is 14.8. The van der Waals surface area contributed by atoms with Gasteiger partial charge in [-0.25, -0.2) is 0 Å². The molecule has 0 aromatic carbocycles. The van der Waals surface area contributed by atoms with Crippen LogP contribution in [0.15, 0.2) is 0 Å². The van der Waals surface area contributed by atoms with Crippen molar-refractivity contribution in [2.75, 3.05) is 6.54 Å². The molecule has 1 saturated heterocycles. The second kappa shape index (κ2) is 7.99. The first-order chi connectivity index (χ1) is 7.11. The Morgan fingerprint density at radius 1 is 1.27 bits per heavy atom. The van der Waals surface area contributed by atoms with Crippen molar-refractivity contribution in [2.45, 2.75) is 59.3 Å². The fourth-order valence-corrected chi connectivity index (χ4v) is 1.83. The Morgan fingerprint density at radius 3 is 2.33 bits per heavy atom. The molecular formula is C11H23F2NO. The zero-order valence-electron chi connectivity index (χ0n) is 10.1. The molecule has 2 atom stereocenters. The summed E-state index contributed by atoms with van der Waals surface area (Å²) in [4.78, 5) is 0. The fraction of sp³-hybridized carbons (Fsp3) is 1.00. The van der Waals surface area contributed by atoms with Gasteiger partial charge in [0.1, 0.15) is 0 Å². The maximum Gasteiger partial charge on any atom is 0.345 e. The third kappa shape index (κ3) is 5.42. The van der Waals surface area contributed by atoms with Gasteiger partial charge in [0, 0.05) is 6.04 Å². The number of rotatable bonds is 3. The highest BCUT2D eigenvalue weighted by Crippen LogP contribution is 2.20. The number of alkyl halides is 2. The van der Waals surface area contributed by atoms with E-state index in [1.165, 1.54) is 0 Å². The van der Waals surface area contributed by atoms with Crippen molar-refractivity contribution in [3.05, 3.63) is 0 Å². The molecule has 2 nitrogen and oxygen atoms in total. The molecule has 0 spiro atoms. The average molecular weight is 223 g/mol. The highest BCUT2D eigenvalue weighted by Gasteiger charge is 2.29. The molecule has 1 aliphatic heterocycles. The molecule has 0 aliphatic carbocycles. The maximum absolute atomic E-state index is 12.0. The van der Waals surface area contributed by atoms with Gasteiger partial charge in [-0.3, -0.25) is 0 Å². The van der Waals surface area contributed by atoms with Crippen molar-refractivity contribution in [3.63, 3.8) is 0 Å².